The van der Waals surface area contributed by atoms with Gasteiger partial charge in [0, 0.05) is 37.1 Å². The van der Waals surface area contributed by atoms with Crippen LogP contribution >= 0.6 is 0 Å². The second-order valence-electron chi connectivity index (χ2n) is 13.0. The van der Waals surface area contributed by atoms with Gasteiger partial charge in [0.05, 0.1) is 6.61 Å². The molecule has 4 rings (SSSR count). The van der Waals surface area contributed by atoms with Crippen molar-refractivity contribution in [1.29, 1.82) is 0 Å². The lowest BCUT2D eigenvalue weighted by Crippen LogP contribution is -2.59. The van der Waals surface area contributed by atoms with E-state index in [0.717, 1.165) is 68.9 Å². The maximum Gasteiger partial charge on any atom is 0.413 e. The number of hydrogen-bond donors (Lipinski definition) is 5. The molecule has 1 aromatic carbocycles. The molecule has 5 amide bonds. The number of anilines is 1. The highest BCUT2D eigenvalue weighted by molar-refractivity contribution is 5.98. The molecular weight excluding hydrogens is 600 g/mol. The van der Waals surface area contributed by atoms with Crippen LogP contribution in [0.1, 0.15) is 75.8 Å². The van der Waals surface area contributed by atoms with E-state index in [2.05, 4.69) is 21.3 Å². The van der Waals surface area contributed by atoms with Crippen LogP contribution in [-0.2, 0) is 43.8 Å². The van der Waals surface area contributed by atoms with Crippen molar-refractivity contribution in [3.63, 3.8) is 0 Å². The molecule has 2 aromatic rings. The Labute approximate surface area is 276 Å². The van der Waals surface area contributed by atoms with Gasteiger partial charge in [0.25, 0.3) is 5.91 Å². The molecule has 0 spiro atoms. The van der Waals surface area contributed by atoms with Crippen LogP contribution in [0.4, 0.5) is 10.5 Å². The van der Waals surface area contributed by atoms with E-state index in [-0.39, 0.29) is 37.2 Å². The number of nitrogens with one attached hydrogen (secondary N) is 4. The number of rotatable bonds is 13. The zero-order valence-corrected chi connectivity index (χ0v) is 27.5. The molecule has 3 atom stereocenters. The summed E-state index contributed by atoms with van der Waals surface area (Å²) in [6.07, 6.45) is 11.6. The summed E-state index contributed by atoms with van der Waals surface area (Å²) < 4.78 is 7.17. The topological polar surface area (TPSA) is 173 Å². The molecule has 12 nitrogen and oxygen atoms in total. The quantitative estimate of drug-likeness (QED) is 0.164. The number of pyridine rings is 1. The minimum absolute atomic E-state index is 0.110. The molecule has 0 bridgehead atoms. The zero-order chi connectivity index (χ0) is 33.8. The highest BCUT2D eigenvalue weighted by Gasteiger charge is 2.36. The number of aryl methyl sites for hydroxylation is 1. The van der Waals surface area contributed by atoms with Crippen LogP contribution in [0.3, 0.4) is 0 Å². The highest BCUT2D eigenvalue weighted by Crippen LogP contribution is 2.27. The van der Waals surface area contributed by atoms with E-state index >= 15 is 0 Å². The van der Waals surface area contributed by atoms with Crippen molar-refractivity contribution in [2.45, 2.75) is 95.7 Å². The van der Waals surface area contributed by atoms with Gasteiger partial charge in [0.15, 0.2) is 12.4 Å². The fourth-order valence-corrected chi connectivity index (χ4v) is 6.53. The predicted molar refractivity (Wildman–Crippen MR) is 175 cm³/mol. The Morgan fingerprint density at radius 2 is 1.45 bits per heavy atom. The van der Waals surface area contributed by atoms with Crippen molar-refractivity contribution in [1.82, 2.24) is 21.3 Å². The molecule has 12 heteroatoms. The number of carbonyl (C=O) groups is 5. The number of amides is 5. The Morgan fingerprint density at radius 1 is 0.809 bits per heavy atom. The third kappa shape index (κ3) is 11.4. The Kier molecular flexibility index (Phi) is 13.1. The van der Waals surface area contributed by atoms with Gasteiger partial charge in [-0.2, -0.15) is 0 Å². The molecule has 1 heterocycles. The molecule has 2 aliphatic carbocycles. The molecule has 0 aliphatic heterocycles. The Morgan fingerprint density at radius 3 is 2.11 bits per heavy atom. The summed E-state index contributed by atoms with van der Waals surface area (Å²) in [5.41, 5.74) is 7.95. The van der Waals surface area contributed by atoms with Crippen LogP contribution in [0.15, 0.2) is 48.8 Å². The maximum atomic E-state index is 14.0. The fraction of sp³-hybridized carbons (Fsp3) is 0.543. The smallest absolute Gasteiger partial charge is 0.413 e. The van der Waals surface area contributed by atoms with Gasteiger partial charge in [0.2, 0.25) is 17.7 Å². The number of nitrogens with two attached hydrogens (primary N) is 1. The first-order valence-corrected chi connectivity index (χ1v) is 16.7. The first-order chi connectivity index (χ1) is 22.6. The average Bonchev–Trinajstić information content (AvgIpc) is 3.57. The molecule has 1 aromatic heterocycles. The van der Waals surface area contributed by atoms with Gasteiger partial charge in [-0.05, 0) is 61.3 Å². The van der Waals surface area contributed by atoms with Gasteiger partial charge < -0.3 is 26.4 Å². The van der Waals surface area contributed by atoms with Crippen molar-refractivity contribution in [2.24, 2.45) is 18.9 Å². The van der Waals surface area contributed by atoms with Crippen molar-refractivity contribution < 1.29 is 33.3 Å². The third-order valence-electron chi connectivity index (χ3n) is 9.04. The summed E-state index contributed by atoms with van der Waals surface area (Å²) >= 11 is 0. The summed E-state index contributed by atoms with van der Waals surface area (Å²) in [6.45, 7) is 1.58. The van der Waals surface area contributed by atoms with Crippen LogP contribution in [0, 0.1) is 11.8 Å². The third-order valence-corrected chi connectivity index (χ3v) is 9.04. The number of alkyl carbamates (subject to hydrolysis) is 1. The normalized spacial score (nSPS) is 17.1. The Bertz CT molecular complexity index is 1390. The van der Waals surface area contributed by atoms with Crippen LogP contribution in [0.25, 0.3) is 0 Å². The molecule has 2 aliphatic rings. The fourth-order valence-electron chi connectivity index (χ4n) is 6.53. The van der Waals surface area contributed by atoms with Gasteiger partial charge >= 0.3 is 6.09 Å². The molecule has 2 saturated carbocycles. The summed E-state index contributed by atoms with van der Waals surface area (Å²) in [7, 11) is 1.85. The maximum absolute atomic E-state index is 14.0. The lowest BCUT2D eigenvalue weighted by atomic mass is 9.83. The van der Waals surface area contributed by atoms with Crippen LogP contribution in [-0.4, -0.2) is 54.5 Å². The minimum atomic E-state index is -1.12. The zero-order valence-electron chi connectivity index (χ0n) is 27.5. The second kappa shape index (κ2) is 17.4. The van der Waals surface area contributed by atoms with Gasteiger partial charge in [-0.1, -0.05) is 44.2 Å². The molecule has 2 fully saturated rings. The monoisotopic (exact) mass is 649 g/mol. The average molecular weight is 650 g/mol. The number of aromatic nitrogens is 1. The minimum Gasteiger partial charge on any atom is -0.449 e. The second-order valence-corrected chi connectivity index (χ2v) is 13.0. The molecule has 47 heavy (non-hydrogen) atoms. The molecule has 254 valence electrons. The van der Waals surface area contributed by atoms with Crippen molar-refractivity contribution in [3.8, 4) is 0 Å². The number of carbonyl (C=O) groups excluding carboxylic acids is 5. The predicted octanol–water partition coefficient (Wildman–Crippen LogP) is 2.38. The van der Waals surface area contributed by atoms with E-state index in [4.69, 9.17) is 10.5 Å². The van der Waals surface area contributed by atoms with E-state index < -0.39 is 41.9 Å². The summed E-state index contributed by atoms with van der Waals surface area (Å²) in [6, 6.07) is 7.67. The molecular formula is C35H49N6O6+. The molecule has 0 unspecified atom stereocenters. The first kappa shape index (κ1) is 35.4. The van der Waals surface area contributed by atoms with Gasteiger partial charge in [0.1, 0.15) is 25.2 Å². The van der Waals surface area contributed by atoms with Crippen LogP contribution in [0.2, 0.25) is 0 Å². The SMILES string of the molecule is CC(=O)N[C@@H](Cc1ccc(N)cc1)C(=O)N[C@H](C(=O)N[C@@H](Cc1ccc[n+](C)c1)C(=O)NC(=O)OCC1CCCC1)C1CCCCC1. The van der Waals surface area contributed by atoms with Crippen molar-refractivity contribution in [3.05, 3.63) is 59.9 Å². The van der Waals surface area contributed by atoms with Gasteiger partial charge in [-0.25, -0.2) is 9.36 Å². The molecule has 0 radical (unpaired) electrons. The molecule has 0 saturated heterocycles. The summed E-state index contributed by atoms with van der Waals surface area (Å²) in [5, 5.41) is 10.8. The first-order valence-electron chi connectivity index (χ1n) is 16.7. The summed E-state index contributed by atoms with van der Waals surface area (Å²) in [5.74, 6) is -2.00. The van der Waals surface area contributed by atoms with Crippen molar-refractivity contribution >= 4 is 35.4 Å². The number of ether oxygens (including phenoxy) is 1. The Balaban J connectivity index is 1.51. The number of nitrogen functional groups attached to an aromatic ring is 1. The van der Waals surface area contributed by atoms with E-state index in [9.17, 15) is 24.0 Å². The Hall–Kier alpha value is -4.48. The van der Waals surface area contributed by atoms with E-state index in [1.807, 2.05) is 36.1 Å². The summed E-state index contributed by atoms with van der Waals surface area (Å²) in [4.78, 5) is 65.9. The lowest BCUT2D eigenvalue weighted by molar-refractivity contribution is -0.671. The number of nitrogens with zero attached hydrogens (tertiary/aromatic N) is 1. The van der Waals surface area contributed by atoms with E-state index in [1.54, 1.807) is 24.3 Å². The number of imide groups is 1. The van der Waals surface area contributed by atoms with E-state index in [0.29, 0.717) is 5.69 Å². The van der Waals surface area contributed by atoms with Crippen molar-refractivity contribution in [2.75, 3.05) is 12.3 Å². The number of benzene rings is 1. The largest absolute Gasteiger partial charge is 0.449 e. The van der Waals surface area contributed by atoms with E-state index in [1.165, 1.54) is 6.92 Å². The van der Waals surface area contributed by atoms with Gasteiger partial charge in [-0.15, -0.1) is 0 Å². The number of hydrogen-bond acceptors (Lipinski definition) is 7. The van der Waals surface area contributed by atoms with Crippen LogP contribution < -0.4 is 31.6 Å². The lowest BCUT2D eigenvalue weighted by Gasteiger charge is -2.32. The van der Waals surface area contributed by atoms with Gasteiger partial charge in [-0.3, -0.25) is 24.5 Å². The van der Waals surface area contributed by atoms with Crippen LogP contribution in [0.5, 0.6) is 0 Å². The highest BCUT2D eigenvalue weighted by atomic mass is 16.5. The standard InChI is InChI=1S/C35H48N6O6/c1-23(42)37-29(19-24-14-16-28(36)17-15-24)32(43)39-31(27-12-4-3-5-13-27)34(45)38-30(20-26-11-8-18-41(2)21-26)33(44)40-35(46)47-22-25-9-6-7-10-25/h8,11,14-18,21,25,27,29-31H,3-7,9-10,12-13,19-20,22,36H2,1-2H3,(H3-,37,38,39,40,42,43,44,45,46)/p+1/t29-,30-,31-/m0/s1. The molecule has 6 N–H and O–H groups in total.